The maximum atomic E-state index is 13.3. The summed E-state index contributed by atoms with van der Waals surface area (Å²) in [6.45, 7) is 1.30. The second kappa shape index (κ2) is 9.65. The third-order valence-corrected chi connectivity index (χ3v) is 4.10. The highest BCUT2D eigenvalue weighted by molar-refractivity contribution is 5.79. The largest absolute Gasteiger partial charge is 0.493 e. The molecule has 6 heteroatoms. The van der Waals surface area contributed by atoms with Crippen LogP contribution in [-0.4, -0.2) is 45.7 Å². The summed E-state index contributed by atoms with van der Waals surface area (Å²) < 4.78 is 23.9. The van der Waals surface area contributed by atoms with Gasteiger partial charge in [-0.05, 0) is 41.8 Å². The van der Waals surface area contributed by atoms with E-state index >= 15 is 0 Å². The Balaban J connectivity index is 1.91. The number of hydrogen-bond donors (Lipinski definition) is 1. The number of methoxy groups -OCH3 is 2. The lowest BCUT2D eigenvalue weighted by Crippen LogP contribution is -2.39. The van der Waals surface area contributed by atoms with Gasteiger partial charge in [0.2, 0.25) is 0 Å². The average molecular weight is 359 g/mol. The number of benzene rings is 2. The van der Waals surface area contributed by atoms with Crippen molar-refractivity contribution in [3.8, 4) is 11.5 Å². The molecular formula is C20H26FN3O2. The van der Waals surface area contributed by atoms with Crippen LogP contribution in [0.25, 0.3) is 0 Å². The zero-order valence-electron chi connectivity index (χ0n) is 15.8. The highest BCUT2D eigenvalue weighted by Crippen LogP contribution is 2.27. The quantitative estimate of drug-likeness (QED) is 0.610. The van der Waals surface area contributed by atoms with Crippen molar-refractivity contribution in [2.24, 2.45) is 4.99 Å². The Morgan fingerprint density at radius 1 is 1.08 bits per heavy atom. The second-order valence-corrected chi connectivity index (χ2v) is 5.89. The lowest BCUT2D eigenvalue weighted by atomic mass is 10.1. The lowest BCUT2D eigenvalue weighted by molar-refractivity contribution is 0.354. The number of aliphatic imine (C=N–C) groups is 1. The Morgan fingerprint density at radius 2 is 1.85 bits per heavy atom. The van der Waals surface area contributed by atoms with Crippen molar-refractivity contribution in [2.75, 3.05) is 34.9 Å². The first-order valence-corrected chi connectivity index (χ1v) is 8.44. The van der Waals surface area contributed by atoms with Crippen molar-refractivity contribution in [3.63, 3.8) is 0 Å². The number of halogens is 1. The Labute approximate surface area is 154 Å². The zero-order valence-corrected chi connectivity index (χ0v) is 15.8. The molecule has 26 heavy (non-hydrogen) atoms. The van der Waals surface area contributed by atoms with Gasteiger partial charge in [-0.2, -0.15) is 0 Å². The summed E-state index contributed by atoms with van der Waals surface area (Å²) in [5.74, 6) is 1.97. The molecule has 0 saturated heterocycles. The SMILES string of the molecule is CN=C(NCc1cccc(F)c1)N(C)CCc1ccc(OC)c(OC)c1. The first-order valence-electron chi connectivity index (χ1n) is 8.44. The summed E-state index contributed by atoms with van der Waals surface area (Å²) in [7, 11) is 6.97. The Kier molecular flexibility index (Phi) is 7.26. The molecule has 2 aromatic rings. The minimum absolute atomic E-state index is 0.235. The molecule has 0 aromatic heterocycles. The molecule has 0 aliphatic carbocycles. The molecule has 0 aliphatic rings. The molecular weight excluding hydrogens is 333 g/mol. The number of ether oxygens (including phenoxy) is 2. The third kappa shape index (κ3) is 5.37. The van der Waals surface area contributed by atoms with E-state index in [0.29, 0.717) is 6.54 Å². The van der Waals surface area contributed by atoms with Crippen molar-refractivity contribution >= 4 is 5.96 Å². The molecule has 2 aromatic carbocycles. The van der Waals surface area contributed by atoms with Gasteiger partial charge < -0.3 is 19.7 Å². The summed E-state index contributed by atoms with van der Waals surface area (Å²) in [4.78, 5) is 6.33. The Bertz CT molecular complexity index is 750. The second-order valence-electron chi connectivity index (χ2n) is 5.89. The zero-order chi connectivity index (χ0) is 18.9. The first-order chi connectivity index (χ1) is 12.6. The average Bonchev–Trinajstić information content (AvgIpc) is 2.66. The molecule has 1 N–H and O–H groups in total. The molecule has 0 radical (unpaired) electrons. The van der Waals surface area contributed by atoms with Gasteiger partial charge in [0.25, 0.3) is 0 Å². The van der Waals surface area contributed by atoms with E-state index in [9.17, 15) is 4.39 Å². The molecule has 0 spiro atoms. The summed E-state index contributed by atoms with van der Waals surface area (Å²) in [6, 6.07) is 12.5. The van der Waals surface area contributed by atoms with Crippen molar-refractivity contribution in [1.29, 1.82) is 0 Å². The van der Waals surface area contributed by atoms with E-state index in [4.69, 9.17) is 9.47 Å². The molecule has 0 bridgehead atoms. The van der Waals surface area contributed by atoms with Gasteiger partial charge >= 0.3 is 0 Å². The number of hydrogen-bond acceptors (Lipinski definition) is 3. The van der Waals surface area contributed by atoms with Crippen LogP contribution in [0.2, 0.25) is 0 Å². The van der Waals surface area contributed by atoms with Crippen LogP contribution in [0.3, 0.4) is 0 Å². The van der Waals surface area contributed by atoms with E-state index in [1.807, 2.05) is 36.2 Å². The van der Waals surface area contributed by atoms with Gasteiger partial charge in [0.15, 0.2) is 17.5 Å². The summed E-state index contributed by atoms with van der Waals surface area (Å²) in [6.07, 6.45) is 0.831. The maximum absolute atomic E-state index is 13.3. The van der Waals surface area contributed by atoms with Crippen LogP contribution in [0, 0.1) is 5.82 Å². The number of likely N-dealkylation sites (N-methyl/N-ethyl adjacent to an activating group) is 1. The van der Waals surface area contributed by atoms with Crippen LogP contribution in [0.4, 0.5) is 4.39 Å². The van der Waals surface area contributed by atoms with Crippen LogP contribution in [0.5, 0.6) is 11.5 Å². The monoisotopic (exact) mass is 359 g/mol. The highest BCUT2D eigenvalue weighted by Gasteiger charge is 2.08. The van der Waals surface area contributed by atoms with Crippen molar-refractivity contribution in [2.45, 2.75) is 13.0 Å². The van der Waals surface area contributed by atoms with Crippen LogP contribution >= 0.6 is 0 Å². The lowest BCUT2D eigenvalue weighted by Gasteiger charge is -2.22. The van der Waals surface area contributed by atoms with Gasteiger partial charge in [-0.1, -0.05) is 18.2 Å². The molecule has 0 saturated carbocycles. The first kappa shape index (κ1) is 19.6. The molecule has 0 aliphatic heterocycles. The standard InChI is InChI=1S/C20H26FN3O2/c1-22-20(23-14-16-6-5-7-17(21)12-16)24(2)11-10-15-8-9-18(25-3)19(13-15)26-4/h5-9,12-13H,10-11,14H2,1-4H3,(H,22,23). The number of nitrogens with zero attached hydrogens (tertiary/aromatic N) is 2. The minimum atomic E-state index is -0.235. The van der Waals surface area contributed by atoms with Crippen molar-refractivity contribution in [1.82, 2.24) is 10.2 Å². The molecule has 0 atom stereocenters. The molecule has 0 amide bonds. The minimum Gasteiger partial charge on any atom is -0.493 e. The van der Waals surface area contributed by atoms with Crippen molar-refractivity contribution in [3.05, 3.63) is 59.4 Å². The molecule has 5 nitrogen and oxygen atoms in total. The van der Waals surface area contributed by atoms with Crippen LogP contribution in [0.15, 0.2) is 47.5 Å². The van der Waals surface area contributed by atoms with Gasteiger partial charge in [-0.3, -0.25) is 4.99 Å². The van der Waals surface area contributed by atoms with E-state index < -0.39 is 0 Å². The van der Waals surface area contributed by atoms with E-state index in [0.717, 1.165) is 41.6 Å². The number of rotatable bonds is 7. The van der Waals surface area contributed by atoms with E-state index in [2.05, 4.69) is 10.3 Å². The van der Waals surface area contributed by atoms with Gasteiger partial charge in [-0.15, -0.1) is 0 Å². The van der Waals surface area contributed by atoms with E-state index in [-0.39, 0.29) is 5.82 Å². The van der Waals surface area contributed by atoms with Gasteiger partial charge in [0.05, 0.1) is 14.2 Å². The fourth-order valence-corrected chi connectivity index (χ4v) is 2.65. The van der Waals surface area contributed by atoms with Crippen LogP contribution < -0.4 is 14.8 Å². The molecule has 0 unspecified atom stereocenters. The van der Waals surface area contributed by atoms with Gasteiger partial charge in [-0.25, -0.2) is 4.39 Å². The fraction of sp³-hybridized carbons (Fsp3) is 0.350. The molecule has 2 rings (SSSR count). The normalized spacial score (nSPS) is 11.2. The van der Waals surface area contributed by atoms with Gasteiger partial charge in [0, 0.05) is 27.2 Å². The maximum Gasteiger partial charge on any atom is 0.193 e. The Hall–Kier alpha value is -2.76. The van der Waals surface area contributed by atoms with Gasteiger partial charge in [0.1, 0.15) is 5.82 Å². The molecule has 0 heterocycles. The predicted molar refractivity (Wildman–Crippen MR) is 102 cm³/mol. The van der Waals surface area contributed by atoms with Crippen molar-refractivity contribution < 1.29 is 13.9 Å². The summed E-state index contributed by atoms with van der Waals surface area (Å²) in [5, 5.41) is 3.25. The van der Waals surface area contributed by atoms with E-state index in [1.165, 1.54) is 12.1 Å². The fourth-order valence-electron chi connectivity index (χ4n) is 2.65. The van der Waals surface area contributed by atoms with Crippen LogP contribution in [-0.2, 0) is 13.0 Å². The summed E-state index contributed by atoms with van der Waals surface area (Å²) in [5.41, 5.74) is 2.02. The smallest absolute Gasteiger partial charge is 0.193 e. The van der Waals surface area contributed by atoms with E-state index in [1.54, 1.807) is 27.3 Å². The number of guanidine groups is 1. The predicted octanol–water partition coefficient (Wildman–Crippen LogP) is 3.09. The molecule has 140 valence electrons. The van der Waals surface area contributed by atoms with Crippen LogP contribution in [0.1, 0.15) is 11.1 Å². The number of nitrogens with one attached hydrogen (secondary N) is 1. The Morgan fingerprint density at radius 3 is 2.50 bits per heavy atom. The highest BCUT2D eigenvalue weighted by atomic mass is 19.1. The third-order valence-electron chi connectivity index (χ3n) is 4.10. The topological polar surface area (TPSA) is 46.1 Å². The molecule has 0 fully saturated rings. The summed E-state index contributed by atoms with van der Waals surface area (Å²) >= 11 is 0.